The summed E-state index contributed by atoms with van der Waals surface area (Å²) in [5.74, 6) is -1.26. The largest absolute Gasteiger partial charge is 0.481 e. The van der Waals surface area contributed by atoms with Gasteiger partial charge in [0.1, 0.15) is 12.5 Å². The molecule has 13 nitrogen and oxygen atoms in total. The van der Waals surface area contributed by atoms with Crippen molar-refractivity contribution in [2.24, 2.45) is 11.7 Å². The van der Waals surface area contributed by atoms with Crippen molar-refractivity contribution in [2.75, 3.05) is 39.8 Å². The smallest absolute Gasteiger partial charge is 0.415 e. The fourth-order valence-corrected chi connectivity index (χ4v) is 6.63. The minimum Gasteiger partial charge on any atom is -0.481 e. The molecule has 1 aromatic rings. The zero-order valence-corrected chi connectivity index (χ0v) is 26.3. The number of likely N-dealkylation sites (N-methyl/N-ethyl adjacent to an activating group) is 2. The molecular weight excluding hydrogens is 582 g/mol. The van der Waals surface area contributed by atoms with E-state index < -0.39 is 42.4 Å². The normalized spacial score (nSPS) is 21.6. The van der Waals surface area contributed by atoms with Gasteiger partial charge in [0.25, 0.3) is 0 Å². The first kappa shape index (κ1) is 34.2. The van der Waals surface area contributed by atoms with Gasteiger partial charge in [0.2, 0.25) is 11.8 Å². The molecule has 2 bridgehead atoms. The number of hydrogen-bond acceptors (Lipinski definition) is 9. The third-order valence-electron chi connectivity index (χ3n) is 9.15. The first-order valence-corrected chi connectivity index (χ1v) is 16.1. The SMILES string of the molecule is CCN(CCNC(=O)[C@H](CCCCN)NC(=O)CC(=O)O)C(=O)Oc1ccc2c3c1O[C@H](C3)C(=O)CCC1CCCN(C)[C@@H]1C2. The first-order chi connectivity index (χ1) is 21.6. The Balaban J connectivity index is 1.39. The van der Waals surface area contributed by atoms with Crippen LogP contribution in [0.1, 0.15) is 69.4 Å². The number of carboxylic acids is 1. The summed E-state index contributed by atoms with van der Waals surface area (Å²) in [5, 5.41) is 14.1. The van der Waals surface area contributed by atoms with Crippen molar-refractivity contribution in [1.82, 2.24) is 20.4 Å². The average molecular weight is 630 g/mol. The number of benzene rings is 1. The lowest BCUT2D eigenvalue weighted by Crippen LogP contribution is -2.49. The highest BCUT2D eigenvalue weighted by molar-refractivity contribution is 5.96. The number of carbonyl (C=O) groups is 5. The molecule has 3 aliphatic rings. The number of nitrogens with one attached hydrogen (secondary N) is 2. The van der Waals surface area contributed by atoms with E-state index in [9.17, 15) is 24.0 Å². The summed E-state index contributed by atoms with van der Waals surface area (Å²) in [6, 6.07) is 3.16. The average Bonchev–Trinajstić information content (AvgIpc) is 3.45. The molecule has 0 spiro atoms. The Hall–Kier alpha value is -3.71. The molecule has 2 heterocycles. The van der Waals surface area contributed by atoms with Crippen molar-refractivity contribution >= 4 is 29.7 Å². The molecule has 3 amide bonds. The molecule has 1 saturated heterocycles. The van der Waals surface area contributed by atoms with Crippen LogP contribution in [-0.2, 0) is 32.0 Å². The third-order valence-corrected chi connectivity index (χ3v) is 9.15. The number of aliphatic carboxylic acids is 1. The lowest BCUT2D eigenvalue weighted by Gasteiger charge is -2.40. The highest BCUT2D eigenvalue weighted by Gasteiger charge is 2.38. The van der Waals surface area contributed by atoms with Gasteiger partial charge in [0, 0.05) is 44.1 Å². The summed E-state index contributed by atoms with van der Waals surface area (Å²) < 4.78 is 12.0. The number of ether oxygens (including phenoxy) is 2. The highest BCUT2D eigenvalue weighted by Crippen LogP contribution is 2.43. The molecule has 1 unspecified atom stereocenters. The molecule has 248 valence electrons. The Kier molecular flexibility index (Phi) is 12.2. The lowest BCUT2D eigenvalue weighted by atomic mass is 9.80. The third kappa shape index (κ3) is 8.94. The number of unbranched alkanes of at least 4 members (excludes halogenated alkanes) is 1. The molecule has 1 fully saturated rings. The summed E-state index contributed by atoms with van der Waals surface area (Å²) in [6.45, 7) is 3.78. The van der Waals surface area contributed by atoms with E-state index in [2.05, 4.69) is 22.6 Å². The number of nitrogens with zero attached hydrogens (tertiary/aromatic N) is 2. The molecule has 4 atom stereocenters. The first-order valence-electron chi connectivity index (χ1n) is 16.1. The Labute approximate surface area is 264 Å². The Morgan fingerprint density at radius 1 is 1.20 bits per heavy atom. The number of Topliss-reactive ketones (excluding diaryl/α,β-unsaturated/α-hetero) is 1. The van der Waals surface area contributed by atoms with E-state index in [-0.39, 0.29) is 24.6 Å². The number of piperidine rings is 1. The molecule has 1 aromatic carbocycles. The Bertz CT molecular complexity index is 1260. The Morgan fingerprint density at radius 3 is 2.73 bits per heavy atom. The van der Waals surface area contributed by atoms with Gasteiger partial charge >= 0.3 is 12.1 Å². The molecule has 13 heteroatoms. The second kappa shape index (κ2) is 16.0. The van der Waals surface area contributed by atoms with Crippen molar-refractivity contribution in [1.29, 1.82) is 0 Å². The number of likely N-dealkylation sites (tertiary alicyclic amines) is 1. The molecule has 2 aliphatic heterocycles. The van der Waals surface area contributed by atoms with Crippen molar-refractivity contribution in [3.63, 3.8) is 0 Å². The van der Waals surface area contributed by atoms with Gasteiger partial charge in [-0.2, -0.15) is 0 Å². The van der Waals surface area contributed by atoms with Crippen LogP contribution in [0.15, 0.2) is 12.1 Å². The van der Waals surface area contributed by atoms with Gasteiger partial charge in [0.05, 0.1) is 0 Å². The van der Waals surface area contributed by atoms with Crippen LogP contribution in [0.25, 0.3) is 0 Å². The van der Waals surface area contributed by atoms with Crippen LogP contribution in [0.5, 0.6) is 11.5 Å². The van der Waals surface area contributed by atoms with Gasteiger partial charge in [-0.25, -0.2) is 4.79 Å². The minimum atomic E-state index is -1.29. The molecule has 0 aromatic heterocycles. The zero-order chi connectivity index (χ0) is 32.5. The topological polar surface area (TPSA) is 181 Å². The molecular formula is C32H47N5O8. The number of ketones is 1. The number of carboxylic acid groups (broad SMARTS) is 1. The zero-order valence-electron chi connectivity index (χ0n) is 26.3. The molecule has 0 radical (unpaired) electrons. The van der Waals surface area contributed by atoms with Crippen molar-refractivity contribution in [2.45, 2.75) is 89.3 Å². The molecule has 4 rings (SSSR count). The van der Waals surface area contributed by atoms with Gasteiger partial charge in [-0.1, -0.05) is 6.07 Å². The quantitative estimate of drug-likeness (QED) is 0.185. The van der Waals surface area contributed by atoms with Crippen molar-refractivity contribution in [3.05, 3.63) is 23.3 Å². The van der Waals surface area contributed by atoms with Crippen LogP contribution < -0.4 is 25.8 Å². The number of amides is 3. The lowest BCUT2D eigenvalue weighted by molar-refractivity contribution is -0.141. The van der Waals surface area contributed by atoms with Crippen LogP contribution in [0.3, 0.4) is 0 Å². The molecule has 45 heavy (non-hydrogen) atoms. The summed E-state index contributed by atoms with van der Waals surface area (Å²) in [6.07, 6.45) is 4.49. The summed E-state index contributed by atoms with van der Waals surface area (Å²) in [4.78, 5) is 65.9. The number of carbonyl (C=O) groups excluding carboxylic acids is 4. The van der Waals surface area contributed by atoms with E-state index in [0.29, 0.717) is 62.9 Å². The van der Waals surface area contributed by atoms with Crippen molar-refractivity contribution in [3.8, 4) is 11.5 Å². The maximum absolute atomic E-state index is 13.2. The van der Waals surface area contributed by atoms with E-state index in [1.165, 1.54) is 4.90 Å². The van der Waals surface area contributed by atoms with Crippen LogP contribution in [0.4, 0.5) is 4.79 Å². The van der Waals surface area contributed by atoms with Crippen LogP contribution in [0.2, 0.25) is 0 Å². The van der Waals surface area contributed by atoms with Gasteiger partial charge in [-0.3, -0.25) is 19.2 Å². The number of hydrogen-bond donors (Lipinski definition) is 4. The summed E-state index contributed by atoms with van der Waals surface area (Å²) in [5.41, 5.74) is 7.59. The predicted octanol–water partition coefficient (Wildman–Crippen LogP) is 1.63. The second-order valence-electron chi connectivity index (χ2n) is 12.2. The van der Waals surface area contributed by atoms with E-state index in [0.717, 1.165) is 43.4 Å². The predicted molar refractivity (Wildman–Crippen MR) is 165 cm³/mol. The van der Waals surface area contributed by atoms with Crippen LogP contribution in [-0.4, -0.2) is 103 Å². The number of fused-ring (bicyclic) bond motifs is 2. The van der Waals surface area contributed by atoms with Gasteiger partial charge in [0.15, 0.2) is 23.4 Å². The van der Waals surface area contributed by atoms with Crippen molar-refractivity contribution < 1.29 is 38.6 Å². The van der Waals surface area contributed by atoms with E-state index in [1.807, 2.05) is 6.07 Å². The fourth-order valence-electron chi connectivity index (χ4n) is 6.63. The van der Waals surface area contributed by atoms with E-state index in [1.54, 1.807) is 13.0 Å². The van der Waals surface area contributed by atoms with Crippen LogP contribution >= 0.6 is 0 Å². The molecule has 0 saturated carbocycles. The monoisotopic (exact) mass is 629 g/mol. The number of nitrogens with two attached hydrogens (primary N) is 1. The fraction of sp³-hybridized carbons (Fsp3) is 0.656. The van der Waals surface area contributed by atoms with Gasteiger partial charge in [-0.05, 0) is 89.6 Å². The highest BCUT2D eigenvalue weighted by atomic mass is 16.6. The Morgan fingerprint density at radius 2 is 2.00 bits per heavy atom. The number of rotatable bonds is 13. The summed E-state index contributed by atoms with van der Waals surface area (Å²) in [7, 11) is 2.15. The van der Waals surface area contributed by atoms with Crippen LogP contribution in [0, 0.1) is 5.92 Å². The van der Waals surface area contributed by atoms with Gasteiger partial charge < -0.3 is 40.7 Å². The molecule has 5 N–H and O–H groups in total. The van der Waals surface area contributed by atoms with E-state index in [4.69, 9.17) is 20.3 Å². The standard InChI is InChI=1S/C32H47N5O8/c1-3-37(16-14-34-31(42)23(8-4-5-13-33)35-28(39)19-29(40)41)32(43)45-26-12-10-21-17-24-20(7-6-15-36(24)2)9-11-25(38)27-18-22(21)30(26)44-27/h10,12,20,23-24,27H,3-9,11,13-19,33H2,1-2H3,(H,34,42)(H,35,39)(H,40,41)/t20?,23-,24+,27+/m0/s1. The van der Waals surface area contributed by atoms with E-state index >= 15 is 0 Å². The minimum absolute atomic E-state index is 0.0784. The van der Waals surface area contributed by atoms with Gasteiger partial charge in [-0.15, -0.1) is 0 Å². The summed E-state index contributed by atoms with van der Waals surface area (Å²) >= 11 is 0. The maximum atomic E-state index is 13.2. The second-order valence-corrected chi connectivity index (χ2v) is 12.2. The maximum Gasteiger partial charge on any atom is 0.415 e. The molecule has 1 aliphatic carbocycles.